The van der Waals surface area contributed by atoms with Crippen LogP contribution in [-0.4, -0.2) is 57.8 Å². The predicted molar refractivity (Wildman–Crippen MR) is 172 cm³/mol. The van der Waals surface area contributed by atoms with Gasteiger partial charge in [0.15, 0.2) is 0 Å². The number of rotatable bonds is 14. The minimum atomic E-state index is -3.58. The molecule has 1 aliphatic carbocycles. The third-order valence-electron chi connectivity index (χ3n) is 8.13. The number of aromatic nitrogens is 1. The van der Waals surface area contributed by atoms with E-state index in [1.165, 1.54) is 13.1 Å². The van der Waals surface area contributed by atoms with Gasteiger partial charge >= 0.3 is 0 Å². The first-order valence-corrected chi connectivity index (χ1v) is 16.5. The van der Waals surface area contributed by atoms with E-state index in [2.05, 4.69) is 17.2 Å². The Labute approximate surface area is 255 Å². The van der Waals surface area contributed by atoms with Gasteiger partial charge in [0.25, 0.3) is 5.91 Å². The highest BCUT2D eigenvalue weighted by Gasteiger charge is 2.34. The zero-order valence-corrected chi connectivity index (χ0v) is 26.4. The first-order valence-electron chi connectivity index (χ1n) is 14.5. The van der Waals surface area contributed by atoms with Crippen LogP contribution in [0.4, 0.5) is 11.6 Å². The summed E-state index contributed by atoms with van der Waals surface area (Å²) in [6.07, 6.45) is 3.06. The lowest BCUT2D eigenvalue weighted by Crippen LogP contribution is -2.49. The third-order valence-corrected chi connectivity index (χ3v) is 10.1. The van der Waals surface area contributed by atoms with Crippen molar-refractivity contribution in [2.75, 3.05) is 35.6 Å². The molecule has 0 saturated heterocycles. The number of benzene rings is 2. The summed E-state index contributed by atoms with van der Waals surface area (Å²) >= 11 is 6.17. The molecule has 0 spiro atoms. The molecule has 1 aliphatic rings. The molecule has 4 atom stereocenters. The van der Waals surface area contributed by atoms with E-state index in [1.54, 1.807) is 13.0 Å². The fourth-order valence-corrected chi connectivity index (χ4v) is 6.06. The van der Waals surface area contributed by atoms with Gasteiger partial charge in [0.2, 0.25) is 10.0 Å². The van der Waals surface area contributed by atoms with Crippen LogP contribution in [0.3, 0.4) is 0 Å². The quantitative estimate of drug-likeness (QED) is 0.268. The number of amides is 1. The first kappa shape index (κ1) is 31.8. The summed E-state index contributed by atoms with van der Waals surface area (Å²) < 4.78 is 26.6. The van der Waals surface area contributed by atoms with E-state index >= 15 is 0 Å². The highest BCUT2D eigenvalue weighted by molar-refractivity contribution is 7.92. The number of nitrogens with two attached hydrogens (primary N) is 1. The molecule has 2 unspecified atom stereocenters. The number of anilines is 2. The summed E-state index contributed by atoms with van der Waals surface area (Å²) in [5.41, 5.74) is 9.21. The molecule has 0 aliphatic heterocycles. The SMILES string of the molecule is CCS(=O)(=O)N(C)c1cc(C(=O)N[C@H](Cc2ccccc2)[C@@H](N)CCc2cccc(Cl)c2)cc(N(C)CC2CC2C)n1. The predicted octanol–water partition coefficient (Wildman–Crippen LogP) is 4.91. The smallest absolute Gasteiger partial charge is 0.251 e. The maximum atomic E-state index is 13.8. The Morgan fingerprint density at radius 1 is 1.07 bits per heavy atom. The van der Waals surface area contributed by atoms with Gasteiger partial charge in [-0.05, 0) is 79.8 Å². The van der Waals surface area contributed by atoms with E-state index < -0.39 is 10.0 Å². The second-order valence-electron chi connectivity index (χ2n) is 11.4. The number of hydrogen-bond acceptors (Lipinski definition) is 6. The lowest BCUT2D eigenvalue weighted by Gasteiger charge is -2.27. The lowest BCUT2D eigenvalue weighted by atomic mass is 9.94. The molecule has 1 amide bonds. The van der Waals surface area contributed by atoms with Gasteiger partial charge in [-0.15, -0.1) is 0 Å². The van der Waals surface area contributed by atoms with Crippen molar-refractivity contribution in [3.8, 4) is 0 Å². The van der Waals surface area contributed by atoms with Crippen molar-refractivity contribution < 1.29 is 13.2 Å². The van der Waals surface area contributed by atoms with Crippen molar-refractivity contribution in [3.63, 3.8) is 0 Å². The Bertz CT molecular complexity index is 1470. The minimum absolute atomic E-state index is 0.0764. The van der Waals surface area contributed by atoms with Crippen LogP contribution < -0.4 is 20.3 Å². The molecule has 3 aromatic rings. The summed E-state index contributed by atoms with van der Waals surface area (Å²) in [5, 5.41) is 3.85. The number of nitrogens with zero attached hydrogens (tertiary/aromatic N) is 3. The molecule has 42 heavy (non-hydrogen) atoms. The maximum absolute atomic E-state index is 13.8. The number of carbonyl (C=O) groups is 1. The number of hydrogen-bond donors (Lipinski definition) is 2. The molecular formula is C32H42ClN5O3S. The number of nitrogens with one attached hydrogen (secondary N) is 1. The van der Waals surface area contributed by atoms with Crippen molar-refractivity contribution in [1.29, 1.82) is 0 Å². The zero-order valence-electron chi connectivity index (χ0n) is 24.8. The van der Waals surface area contributed by atoms with Gasteiger partial charge in [-0.1, -0.05) is 61.0 Å². The van der Waals surface area contributed by atoms with Gasteiger partial charge in [-0.3, -0.25) is 9.10 Å². The van der Waals surface area contributed by atoms with Crippen molar-refractivity contribution in [1.82, 2.24) is 10.3 Å². The Morgan fingerprint density at radius 2 is 1.74 bits per heavy atom. The topological polar surface area (TPSA) is 109 Å². The third kappa shape index (κ3) is 8.46. The van der Waals surface area contributed by atoms with Crippen LogP contribution in [0.15, 0.2) is 66.7 Å². The molecule has 1 heterocycles. The Kier molecular flexibility index (Phi) is 10.5. The molecule has 1 fully saturated rings. The monoisotopic (exact) mass is 611 g/mol. The van der Waals surface area contributed by atoms with Crippen LogP contribution in [0.25, 0.3) is 0 Å². The van der Waals surface area contributed by atoms with E-state index in [9.17, 15) is 13.2 Å². The van der Waals surface area contributed by atoms with E-state index in [4.69, 9.17) is 17.3 Å². The van der Waals surface area contributed by atoms with E-state index in [-0.39, 0.29) is 29.6 Å². The Hall–Kier alpha value is -3.14. The van der Waals surface area contributed by atoms with E-state index in [1.807, 2.05) is 66.5 Å². The van der Waals surface area contributed by atoms with Crippen molar-refractivity contribution >= 4 is 39.2 Å². The van der Waals surface area contributed by atoms with Gasteiger partial charge in [-0.25, -0.2) is 13.4 Å². The van der Waals surface area contributed by atoms with Crippen LogP contribution in [0, 0.1) is 11.8 Å². The molecular weight excluding hydrogens is 570 g/mol. The number of carbonyl (C=O) groups excluding carboxylic acids is 1. The van der Waals surface area contributed by atoms with Crippen LogP contribution in [0.1, 0.15) is 48.2 Å². The van der Waals surface area contributed by atoms with Crippen LogP contribution in [0.5, 0.6) is 0 Å². The molecule has 1 saturated carbocycles. The average Bonchev–Trinajstić information content (AvgIpc) is 3.68. The molecule has 8 nitrogen and oxygen atoms in total. The highest BCUT2D eigenvalue weighted by atomic mass is 35.5. The van der Waals surface area contributed by atoms with Crippen LogP contribution in [-0.2, 0) is 22.9 Å². The van der Waals surface area contributed by atoms with Gasteiger partial charge < -0.3 is 16.0 Å². The average molecular weight is 612 g/mol. The second-order valence-corrected chi connectivity index (χ2v) is 14.1. The van der Waals surface area contributed by atoms with E-state index in [0.717, 1.165) is 34.8 Å². The van der Waals surface area contributed by atoms with E-state index in [0.29, 0.717) is 41.1 Å². The number of sulfonamides is 1. The van der Waals surface area contributed by atoms with Gasteiger partial charge in [0.05, 0.1) is 5.75 Å². The molecule has 1 aromatic heterocycles. The fraction of sp³-hybridized carbons (Fsp3) is 0.438. The summed E-state index contributed by atoms with van der Waals surface area (Å²) in [6, 6.07) is 20.2. The largest absolute Gasteiger partial charge is 0.359 e. The summed E-state index contributed by atoms with van der Waals surface area (Å²) in [4.78, 5) is 20.5. The Morgan fingerprint density at radius 3 is 2.38 bits per heavy atom. The molecule has 2 aromatic carbocycles. The summed E-state index contributed by atoms with van der Waals surface area (Å²) in [7, 11) is -0.179. The first-order chi connectivity index (χ1) is 20.0. The summed E-state index contributed by atoms with van der Waals surface area (Å²) in [5.74, 6) is 1.57. The zero-order chi connectivity index (χ0) is 30.4. The molecule has 10 heteroatoms. The van der Waals surface area contributed by atoms with Crippen molar-refractivity contribution in [2.45, 2.75) is 51.6 Å². The molecule has 4 rings (SSSR count). The number of pyridine rings is 1. The highest BCUT2D eigenvalue weighted by Crippen LogP contribution is 2.38. The Balaban J connectivity index is 1.60. The van der Waals surface area contributed by atoms with Gasteiger partial charge in [-0.2, -0.15) is 0 Å². The maximum Gasteiger partial charge on any atom is 0.251 e. The van der Waals surface area contributed by atoms with Crippen LogP contribution >= 0.6 is 11.6 Å². The number of halogens is 1. The second kappa shape index (κ2) is 13.9. The summed E-state index contributed by atoms with van der Waals surface area (Å²) in [6.45, 7) is 4.59. The normalized spacial score (nSPS) is 17.8. The van der Waals surface area contributed by atoms with Gasteiger partial charge in [0.1, 0.15) is 11.6 Å². The molecule has 3 N–H and O–H groups in total. The number of aryl methyl sites for hydroxylation is 1. The standard InChI is InChI=1S/C32H42ClN5O3S/c1-5-42(40,41)38(4)31-20-25(19-30(36-31)37(3)21-26-16-22(26)2)32(39)35-29(18-23-10-7-6-8-11-23)28(34)15-14-24-12-9-13-27(33)17-24/h6-13,17,19-20,22,26,28-29H,5,14-16,18,21,34H2,1-4H3,(H,35,39)/t22?,26?,28-,29+/m0/s1. The molecule has 226 valence electrons. The molecule has 0 bridgehead atoms. The lowest BCUT2D eigenvalue weighted by molar-refractivity contribution is 0.0929. The van der Waals surface area contributed by atoms with Gasteiger partial charge in [0, 0.05) is 43.3 Å². The van der Waals surface area contributed by atoms with Crippen molar-refractivity contribution in [2.24, 2.45) is 17.6 Å². The fourth-order valence-electron chi connectivity index (χ4n) is 5.08. The molecule has 0 radical (unpaired) electrons. The minimum Gasteiger partial charge on any atom is -0.359 e. The van der Waals surface area contributed by atoms with Crippen molar-refractivity contribution in [3.05, 3.63) is 88.4 Å². The van der Waals surface area contributed by atoms with Crippen LogP contribution in [0.2, 0.25) is 5.02 Å².